The molecule has 1 aromatic heterocycles. The van der Waals surface area contributed by atoms with Crippen molar-refractivity contribution in [2.75, 3.05) is 5.32 Å². The van der Waals surface area contributed by atoms with Gasteiger partial charge in [-0.15, -0.1) is 0 Å². The number of hydrogen-bond acceptors (Lipinski definition) is 5. The Balaban J connectivity index is 1.47. The number of ether oxygens (including phenoxy) is 2. The molecule has 1 aromatic carbocycles. The highest BCUT2D eigenvalue weighted by atomic mass is 19.4. The number of nitrogens with one attached hydrogen (secondary N) is 1. The van der Waals surface area contributed by atoms with Crippen molar-refractivity contribution in [1.82, 2.24) is 9.97 Å². The molecule has 0 fully saturated rings. The molecular weight excluding hydrogens is 383 g/mol. The van der Waals surface area contributed by atoms with Gasteiger partial charge in [-0.1, -0.05) is 30.4 Å². The van der Waals surface area contributed by atoms with Crippen molar-refractivity contribution in [2.45, 2.75) is 19.0 Å². The number of halogens is 3. The van der Waals surface area contributed by atoms with E-state index in [2.05, 4.69) is 21.4 Å². The minimum atomic E-state index is -4.38. The first-order valence-corrected chi connectivity index (χ1v) is 8.85. The van der Waals surface area contributed by atoms with Crippen molar-refractivity contribution in [1.29, 1.82) is 0 Å². The molecule has 2 aliphatic rings. The van der Waals surface area contributed by atoms with Crippen molar-refractivity contribution >= 4 is 5.82 Å². The lowest BCUT2D eigenvalue weighted by Gasteiger charge is -2.20. The summed E-state index contributed by atoms with van der Waals surface area (Å²) in [6, 6.07) is 6.41. The van der Waals surface area contributed by atoms with Gasteiger partial charge in [0.25, 0.3) is 0 Å². The first kappa shape index (κ1) is 18.8. The molecule has 4 rings (SSSR count). The second-order valence-electron chi connectivity index (χ2n) is 6.35. The van der Waals surface area contributed by atoms with E-state index in [4.69, 9.17) is 9.47 Å². The monoisotopic (exact) mass is 399 g/mol. The van der Waals surface area contributed by atoms with Gasteiger partial charge in [0.05, 0.1) is 11.3 Å². The van der Waals surface area contributed by atoms with Gasteiger partial charge in [0.2, 0.25) is 5.88 Å². The molecule has 0 bridgehead atoms. The SMILES string of the molecule is FC(F)(F)c1ccc(-c2cc(NC3=COC=C(C4=CC=CCC4)O3)ncn2)cc1. The zero-order valence-corrected chi connectivity index (χ0v) is 15.1. The maximum Gasteiger partial charge on any atom is 0.416 e. The molecule has 0 unspecified atom stereocenters. The molecule has 1 aliphatic heterocycles. The predicted molar refractivity (Wildman–Crippen MR) is 101 cm³/mol. The Bertz CT molecular complexity index is 1020. The van der Waals surface area contributed by atoms with E-state index in [-0.39, 0.29) is 0 Å². The van der Waals surface area contributed by atoms with Crippen LogP contribution in [0.3, 0.4) is 0 Å². The molecule has 1 aliphatic carbocycles. The Morgan fingerprint density at radius 2 is 1.86 bits per heavy atom. The number of allylic oxidation sites excluding steroid dienone is 4. The minimum Gasteiger partial charge on any atom is -0.463 e. The van der Waals surface area contributed by atoms with E-state index in [1.807, 2.05) is 12.2 Å². The first-order valence-electron chi connectivity index (χ1n) is 8.85. The summed E-state index contributed by atoms with van der Waals surface area (Å²) in [7, 11) is 0. The van der Waals surface area contributed by atoms with Gasteiger partial charge in [0, 0.05) is 11.6 Å². The van der Waals surface area contributed by atoms with Gasteiger partial charge in [-0.2, -0.15) is 13.2 Å². The van der Waals surface area contributed by atoms with E-state index in [9.17, 15) is 13.2 Å². The van der Waals surface area contributed by atoms with Crippen LogP contribution in [0.15, 0.2) is 84.6 Å². The molecule has 2 heterocycles. The zero-order valence-electron chi connectivity index (χ0n) is 15.1. The molecule has 0 saturated carbocycles. The van der Waals surface area contributed by atoms with Crippen LogP contribution in [0.2, 0.25) is 0 Å². The van der Waals surface area contributed by atoms with Crippen LogP contribution in [0.5, 0.6) is 0 Å². The topological polar surface area (TPSA) is 56.3 Å². The van der Waals surface area contributed by atoms with Crippen molar-refractivity contribution in [3.05, 3.63) is 90.2 Å². The average Bonchev–Trinajstić information content (AvgIpc) is 2.74. The Labute approximate surface area is 164 Å². The van der Waals surface area contributed by atoms with Crippen LogP contribution >= 0.6 is 0 Å². The van der Waals surface area contributed by atoms with Gasteiger partial charge < -0.3 is 14.8 Å². The van der Waals surface area contributed by atoms with Crippen LogP contribution in [-0.2, 0) is 15.7 Å². The molecule has 0 radical (unpaired) electrons. The van der Waals surface area contributed by atoms with E-state index in [0.717, 1.165) is 30.5 Å². The zero-order chi connectivity index (χ0) is 20.3. The van der Waals surface area contributed by atoms with Gasteiger partial charge >= 0.3 is 6.18 Å². The molecule has 1 N–H and O–H groups in total. The summed E-state index contributed by atoms with van der Waals surface area (Å²) in [5, 5.41) is 2.99. The van der Waals surface area contributed by atoms with Gasteiger partial charge in [0.1, 0.15) is 18.4 Å². The summed E-state index contributed by atoms with van der Waals surface area (Å²) in [6.45, 7) is 0. The summed E-state index contributed by atoms with van der Waals surface area (Å²) >= 11 is 0. The van der Waals surface area contributed by atoms with Crippen molar-refractivity contribution in [2.24, 2.45) is 0 Å². The van der Waals surface area contributed by atoms with Crippen LogP contribution in [0.25, 0.3) is 11.3 Å². The van der Waals surface area contributed by atoms with Gasteiger partial charge in [0.15, 0.2) is 12.0 Å². The maximum absolute atomic E-state index is 12.7. The molecule has 8 heteroatoms. The molecule has 0 atom stereocenters. The van der Waals surface area contributed by atoms with Crippen LogP contribution in [0.4, 0.5) is 19.0 Å². The van der Waals surface area contributed by atoms with Gasteiger partial charge in [-0.25, -0.2) is 9.97 Å². The Kier molecular flexibility index (Phi) is 5.07. The third-order valence-corrected chi connectivity index (χ3v) is 4.33. The standard InChI is InChI=1S/C21H16F3N3O2/c22-21(23,24)16-8-6-14(7-9-16)17-10-19(26-13-25-17)27-20-12-28-11-18(29-20)15-4-2-1-3-5-15/h1-2,4,6-13H,3,5H2,(H,25,26,27). The number of alkyl halides is 3. The number of rotatable bonds is 4. The number of nitrogens with zero attached hydrogens (tertiary/aromatic N) is 2. The van der Waals surface area contributed by atoms with E-state index in [1.165, 1.54) is 31.0 Å². The fourth-order valence-corrected chi connectivity index (χ4v) is 2.87. The molecule has 2 aromatic rings. The first-order chi connectivity index (χ1) is 14.0. The van der Waals surface area contributed by atoms with Crippen molar-refractivity contribution in [3.8, 4) is 11.3 Å². The highest BCUT2D eigenvalue weighted by molar-refractivity contribution is 5.63. The Morgan fingerprint density at radius 3 is 2.59 bits per heavy atom. The maximum atomic E-state index is 12.7. The molecule has 5 nitrogen and oxygen atoms in total. The second-order valence-corrected chi connectivity index (χ2v) is 6.35. The highest BCUT2D eigenvalue weighted by Crippen LogP contribution is 2.31. The molecule has 0 amide bonds. The summed E-state index contributed by atoms with van der Waals surface area (Å²) < 4.78 is 49.4. The lowest BCUT2D eigenvalue weighted by molar-refractivity contribution is -0.137. The highest BCUT2D eigenvalue weighted by Gasteiger charge is 2.30. The lowest BCUT2D eigenvalue weighted by Crippen LogP contribution is -2.11. The molecule has 29 heavy (non-hydrogen) atoms. The average molecular weight is 399 g/mol. The van der Waals surface area contributed by atoms with E-state index < -0.39 is 11.7 Å². The van der Waals surface area contributed by atoms with E-state index in [0.29, 0.717) is 28.7 Å². The number of anilines is 1. The summed E-state index contributed by atoms with van der Waals surface area (Å²) in [5.74, 6) is 1.37. The number of aromatic nitrogens is 2. The Morgan fingerprint density at radius 1 is 1.03 bits per heavy atom. The van der Waals surface area contributed by atoms with Crippen LogP contribution in [0, 0.1) is 0 Å². The quantitative estimate of drug-likeness (QED) is 0.732. The minimum absolute atomic E-state index is 0.343. The summed E-state index contributed by atoms with van der Waals surface area (Å²) in [5.41, 5.74) is 1.33. The van der Waals surface area contributed by atoms with Crippen molar-refractivity contribution in [3.63, 3.8) is 0 Å². The lowest BCUT2D eigenvalue weighted by atomic mass is 10.0. The molecule has 0 spiro atoms. The van der Waals surface area contributed by atoms with Gasteiger partial charge in [-0.05, 0) is 30.5 Å². The predicted octanol–water partition coefficient (Wildman–Crippen LogP) is 5.54. The fraction of sp³-hybridized carbons (Fsp3) is 0.143. The largest absolute Gasteiger partial charge is 0.463 e. The van der Waals surface area contributed by atoms with Crippen molar-refractivity contribution < 1.29 is 22.6 Å². The van der Waals surface area contributed by atoms with E-state index >= 15 is 0 Å². The summed E-state index contributed by atoms with van der Waals surface area (Å²) in [6.07, 6.45) is 7.68. The normalized spacial score (nSPS) is 16.2. The Hall–Kier alpha value is -3.55. The van der Waals surface area contributed by atoms with Crippen LogP contribution in [-0.4, -0.2) is 9.97 Å². The van der Waals surface area contributed by atoms with Gasteiger partial charge in [-0.3, -0.25) is 0 Å². The number of hydrogen-bond donors (Lipinski definition) is 1. The second kappa shape index (κ2) is 7.83. The van der Waals surface area contributed by atoms with Crippen LogP contribution in [0.1, 0.15) is 18.4 Å². The molecular formula is C21H16F3N3O2. The summed E-state index contributed by atoms with van der Waals surface area (Å²) in [4.78, 5) is 8.26. The smallest absolute Gasteiger partial charge is 0.416 e. The third-order valence-electron chi connectivity index (χ3n) is 4.33. The number of benzene rings is 1. The fourth-order valence-electron chi connectivity index (χ4n) is 2.87. The third kappa shape index (κ3) is 4.48. The van der Waals surface area contributed by atoms with Crippen LogP contribution < -0.4 is 5.32 Å². The molecule has 148 valence electrons. The van der Waals surface area contributed by atoms with E-state index in [1.54, 1.807) is 6.07 Å². The molecule has 0 saturated heterocycles.